The molecule has 52 valence electrons. The van der Waals surface area contributed by atoms with Gasteiger partial charge in [0.25, 0.3) is 0 Å². The van der Waals surface area contributed by atoms with E-state index in [4.69, 9.17) is 0 Å². The first-order valence-electron chi connectivity index (χ1n) is 3.49. The molecule has 1 aliphatic carbocycles. The lowest BCUT2D eigenvalue weighted by molar-refractivity contribution is 1.45. The van der Waals surface area contributed by atoms with Gasteiger partial charge < -0.3 is 0 Å². The Labute approximate surface area is 62.3 Å². The predicted octanol–water partition coefficient (Wildman–Crippen LogP) is 3.01. The normalized spacial score (nSPS) is 17.4. The second-order valence-corrected chi connectivity index (χ2v) is 2.54. The van der Waals surface area contributed by atoms with Gasteiger partial charge in [0, 0.05) is 0 Å². The lowest BCUT2D eigenvalue weighted by Gasteiger charge is -1.93. The molecular weight excluding hydrogens is 120 g/mol. The molecule has 0 saturated heterocycles. The summed E-state index contributed by atoms with van der Waals surface area (Å²) in [5, 5.41) is 0. The largest absolute Gasteiger partial charge is 0.0620 e. The molecule has 0 aliphatic heterocycles. The summed E-state index contributed by atoms with van der Waals surface area (Å²) in [6.07, 6.45) is 12.5. The molecule has 0 fully saturated rings. The van der Waals surface area contributed by atoms with Gasteiger partial charge in [0.05, 0.1) is 0 Å². The average molecular weight is 132 g/mol. The van der Waals surface area contributed by atoms with Crippen LogP contribution in [0.15, 0.2) is 47.6 Å². The van der Waals surface area contributed by atoms with Gasteiger partial charge in [-0.2, -0.15) is 0 Å². The van der Waals surface area contributed by atoms with E-state index < -0.39 is 0 Å². The van der Waals surface area contributed by atoms with Gasteiger partial charge in [0.1, 0.15) is 0 Å². The molecule has 0 radical (unpaired) electrons. The van der Waals surface area contributed by atoms with Gasteiger partial charge in [-0.15, -0.1) is 0 Å². The Hall–Kier alpha value is -1.04. The quantitative estimate of drug-likeness (QED) is 0.475. The molecule has 0 heterocycles. The Kier molecular flexibility index (Phi) is 2.27. The molecule has 0 amide bonds. The topological polar surface area (TPSA) is 0 Å². The number of allylic oxidation sites excluding steroid dienone is 8. The van der Waals surface area contributed by atoms with Crippen molar-refractivity contribution in [1.29, 1.82) is 0 Å². The molecule has 0 heteroatoms. The summed E-state index contributed by atoms with van der Waals surface area (Å²) in [6.45, 7) is 4.19. The highest BCUT2D eigenvalue weighted by molar-refractivity contribution is 5.33. The van der Waals surface area contributed by atoms with Gasteiger partial charge in [-0.3, -0.25) is 0 Å². The zero-order chi connectivity index (χ0) is 7.40. The highest BCUT2D eigenvalue weighted by Gasteiger charge is 1.83. The van der Waals surface area contributed by atoms with Gasteiger partial charge in [0.2, 0.25) is 0 Å². The standard InChI is InChI=1S/C10H12/c1-9-5-3-4-6-10(2)8-7-9/h3-8H,1-2H3. The van der Waals surface area contributed by atoms with E-state index in [1.54, 1.807) is 0 Å². The maximum atomic E-state index is 2.12. The highest BCUT2D eigenvalue weighted by Crippen LogP contribution is 2.04. The first kappa shape index (κ1) is 7.07. The molecule has 0 saturated carbocycles. The summed E-state index contributed by atoms with van der Waals surface area (Å²) in [5.41, 5.74) is 2.59. The van der Waals surface area contributed by atoms with Crippen LogP contribution in [-0.2, 0) is 0 Å². The Morgan fingerprint density at radius 1 is 0.800 bits per heavy atom. The van der Waals surface area contributed by atoms with Crippen molar-refractivity contribution in [1.82, 2.24) is 0 Å². The molecular formula is C10H12. The van der Waals surface area contributed by atoms with Crippen molar-refractivity contribution in [3.63, 3.8) is 0 Å². The fourth-order valence-electron chi connectivity index (χ4n) is 0.789. The maximum absolute atomic E-state index is 2.12. The lowest BCUT2D eigenvalue weighted by atomic mass is 10.1. The fraction of sp³-hybridized carbons (Fsp3) is 0.200. The van der Waals surface area contributed by atoms with Crippen LogP contribution in [0.25, 0.3) is 0 Å². The molecule has 1 rings (SSSR count). The van der Waals surface area contributed by atoms with E-state index in [9.17, 15) is 0 Å². The van der Waals surface area contributed by atoms with Gasteiger partial charge >= 0.3 is 0 Å². The highest BCUT2D eigenvalue weighted by atomic mass is 13.9. The van der Waals surface area contributed by atoms with Crippen molar-refractivity contribution in [2.75, 3.05) is 0 Å². The van der Waals surface area contributed by atoms with E-state index in [2.05, 4.69) is 50.3 Å². The zero-order valence-electron chi connectivity index (χ0n) is 6.46. The first-order chi connectivity index (χ1) is 4.79. The van der Waals surface area contributed by atoms with Crippen LogP contribution in [0, 0.1) is 0 Å². The molecule has 0 N–H and O–H groups in total. The van der Waals surface area contributed by atoms with Crippen LogP contribution in [0.3, 0.4) is 0 Å². The predicted molar refractivity (Wildman–Crippen MR) is 45.8 cm³/mol. The molecule has 0 unspecified atom stereocenters. The summed E-state index contributed by atoms with van der Waals surface area (Å²) in [4.78, 5) is 0. The zero-order valence-corrected chi connectivity index (χ0v) is 6.46. The van der Waals surface area contributed by atoms with E-state index in [1.807, 2.05) is 0 Å². The summed E-state index contributed by atoms with van der Waals surface area (Å²) in [5.74, 6) is 0. The molecule has 0 spiro atoms. The monoisotopic (exact) mass is 132 g/mol. The van der Waals surface area contributed by atoms with Crippen LogP contribution in [0.5, 0.6) is 0 Å². The van der Waals surface area contributed by atoms with E-state index in [1.165, 1.54) is 11.1 Å². The van der Waals surface area contributed by atoms with Crippen LogP contribution >= 0.6 is 0 Å². The molecule has 0 bridgehead atoms. The lowest BCUT2D eigenvalue weighted by Crippen LogP contribution is -1.72. The second kappa shape index (κ2) is 3.21. The molecule has 1 aliphatic rings. The van der Waals surface area contributed by atoms with Gasteiger partial charge in [-0.25, -0.2) is 0 Å². The van der Waals surface area contributed by atoms with E-state index >= 15 is 0 Å². The van der Waals surface area contributed by atoms with Gasteiger partial charge in [-0.05, 0) is 13.8 Å². The minimum absolute atomic E-state index is 1.30. The second-order valence-electron chi connectivity index (χ2n) is 2.54. The minimum Gasteiger partial charge on any atom is -0.0620 e. The average Bonchev–Trinajstić information content (AvgIpc) is 1.90. The van der Waals surface area contributed by atoms with Crippen LogP contribution in [0.2, 0.25) is 0 Å². The first-order valence-corrected chi connectivity index (χ1v) is 3.49. The maximum Gasteiger partial charge on any atom is -0.0398 e. The Morgan fingerprint density at radius 2 is 1.20 bits per heavy atom. The summed E-state index contributed by atoms with van der Waals surface area (Å²) < 4.78 is 0. The number of rotatable bonds is 0. The summed E-state index contributed by atoms with van der Waals surface area (Å²) in [6, 6.07) is 0. The third-order valence-electron chi connectivity index (χ3n) is 1.44. The third-order valence-corrected chi connectivity index (χ3v) is 1.44. The summed E-state index contributed by atoms with van der Waals surface area (Å²) >= 11 is 0. The molecule has 0 aromatic carbocycles. The van der Waals surface area contributed by atoms with Crippen LogP contribution in [0.4, 0.5) is 0 Å². The molecule has 0 aromatic rings. The molecule has 0 nitrogen and oxygen atoms in total. The van der Waals surface area contributed by atoms with E-state index in [0.29, 0.717) is 0 Å². The van der Waals surface area contributed by atoms with Crippen molar-refractivity contribution in [2.24, 2.45) is 0 Å². The van der Waals surface area contributed by atoms with Crippen LogP contribution in [-0.4, -0.2) is 0 Å². The van der Waals surface area contributed by atoms with E-state index in [0.717, 1.165) is 0 Å². The van der Waals surface area contributed by atoms with E-state index in [-0.39, 0.29) is 0 Å². The smallest absolute Gasteiger partial charge is 0.0398 e. The van der Waals surface area contributed by atoms with Crippen molar-refractivity contribution >= 4 is 0 Å². The molecule has 0 aromatic heterocycles. The van der Waals surface area contributed by atoms with Crippen molar-refractivity contribution in [3.05, 3.63) is 47.6 Å². The van der Waals surface area contributed by atoms with Crippen molar-refractivity contribution < 1.29 is 0 Å². The Balaban J connectivity index is 2.85. The van der Waals surface area contributed by atoms with Gasteiger partial charge in [-0.1, -0.05) is 47.6 Å². The fourth-order valence-corrected chi connectivity index (χ4v) is 0.789. The number of hydrogen-bond acceptors (Lipinski definition) is 0. The van der Waals surface area contributed by atoms with Crippen LogP contribution < -0.4 is 0 Å². The Bertz CT molecular complexity index is 200. The Morgan fingerprint density at radius 3 is 1.60 bits per heavy atom. The van der Waals surface area contributed by atoms with Crippen LogP contribution in [0.1, 0.15) is 13.8 Å². The summed E-state index contributed by atoms with van der Waals surface area (Å²) in [7, 11) is 0. The third kappa shape index (κ3) is 2.06. The molecule has 10 heavy (non-hydrogen) atoms. The van der Waals surface area contributed by atoms with Crippen molar-refractivity contribution in [3.8, 4) is 0 Å². The number of hydrogen-bond donors (Lipinski definition) is 0. The minimum atomic E-state index is 1.30. The SMILES string of the molecule is CC1=CC=CC=C(C)C=C1. The van der Waals surface area contributed by atoms with Crippen molar-refractivity contribution in [2.45, 2.75) is 13.8 Å². The molecule has 0 atom stereocenters. The van der Waals surface area contributed by atoms with Gasteiger partial charge in [0.15, 0.2) is 0 Å².